The van der Waals surface area contributed by atoms with Crippen LogP contribution in [-0.2, 0) is 19.4 Å². The second-order valence-corrected chi connectivity index (χ2v) is 6.61. The van der Waals surface area contributed by atoms with Crippen molar-refractivity contribution in [2.75, 3.05) is 13.1 Å². The third-order valence-corrected chi connectivity index (χ3v) is 5.24. The van der Waals surface area contributed by atoms with Crippen molar-refractivity contribution < 1.29 is 0 Å². The molecule has 21 heavy (non-hydrogen) atoms. The topological polar surface area (TPSA) is 29.9 Å². The number of halogens is 1. The van der Waals surface area contributed by atoms with E-state index in [1.807, 2.05) is 0 Å². The molecular weight excluding hydrogens is 282 g/mol. The van der Waals surface area contributed by atoms with E-state index in [0.29, 0.717) is 0 Å². The molecule has 1 aliphatic carbocycles. The van der Waals surface area contributed by atoms with E-state index >= 15 is 0 Å². The first-order valence-corrected chi connectivity index (χ1v) is 9.03. The van der Waals surface area contributed by atoms with Gasteiger partial charge in [-0.3, -0.25) is 4.68 Å². The number of hydrogen-bond donors (Lipinski definition) is 1. The molecule has 1 saturated carbocycles. The summed E-state index contributed by atoms with van der Waals surface area (Å²) in [6.45, 7) is 9.73. The molecule has 0 radical (unpaired) electrons. The van der Waals surface area contributed by atoms with Crippen LogP contribution in [0.5, 0.6) is 0 Å². The van der Waals surface area contributed by atoms with Crippen molar-refractivity contribution in [1.29, 1.82) is 0 Å². The quantitative estimate of drug-likeness (QED) is 0.733. The SMILES string of the molecule is CCCNCC1CCCC1Cc1c(Cl)c(CC)nn1CC. The van der Waals surface area contributed by atoms with Gasteiger partial charge in [-0.05, 0) is 64.0 Å². The highest BCUT2D eigenvalue weighted by atomic mass is 35.5. The number of rotatable bonds is 8. The van der Waals surface area contributed by atoms with Gasteiger partial charge in [-0.1, -0.05) is 31.9 Å². The van der Waals surface area contributed by atoms with Gasteiger partial charge in [0.2, 0.25) is 0 Å². The van der Waals surface area contributed by atoms with Gasteiger partial charge in [0.1, 0.15) is 0 Å². The Morgan fingerprint density at radius 2 is 2.00 bits per heavy atom. The molecule has 1 heterocycles. The van der Waals surface area contributed by atoms with Gasteiger partial charge in [-0.2, -0.15) is 5.10 Å². The first-order valence-electron chi connectivity index (χ1n) is 8.65. The van der Waals surface area contributed by atoms with Gasteiger partial charge in [0, 0.05) is 6.54 Å². The third kappa shape index (κ3) is 4.01. The molecule has 2 rings (SSSR count). The lowest BCUT2D eigenvalue weighted by Crippen LogP contribution is -2.27. The standard InChI is InChI=1S/C17H30ClN3/c1-4-10-19-12-14-9-7-8-13(14)11-16-17(18)15(5-2)20-21(16)6-3/h13-14,19H,4-12H2,1-3H3. The Balaban J connectivity index is 2.04. The van der Waals surface area contributed by atoms with Gasteiger partial charge in [-0.25, -0.2) is 0 Å². The Bertz CT molecular complexity index is 441. The van der Waals surface area contributed by atoms with Crippen molar-refractivity contribution >= 4 is 11.6 Å². The zero-order valence-corrected chi connectivity index (χ0v) is 14.5. The van der Waals surface area contributed by atoms with E-state index in [2.05, 4.69) is 35.9 Å². The molecule has 2 atom stereocenters. The van der Waals surface area contributed by atoms with Crippen LogP contribution in [0.3, 0.4) is 0 Å². The molecule has 1 fully saturated rings. The second kappa shape index (κ2) is 8.19. The number of hydrogen-bond acceptors (Lipinski definition) is 2. The minimum Gasteiger partial charge on any atom is -0.316 e. The second-order valence-electron chi connectivity index (χ2n) is 6.24. The molecule has 0 aliphatic heterocycles. The minimum atomic E-state index is 0.763. The maximum Gasteiger partial charge on any atom is 0.0849 e. The molecule has 2 unspecified atom stereocenters. The van der Waals surface area contributed by atoms with E-state index < -0.39 is 0 Å². The molecule has 1 aromatic heterocycles. The molecule has 3 nitrogen and oxygen atoms in total. The Labute approximate surface area is 134 Å². The predicted molar refractivity (Wildman–Crippen MR) is 90.0 cm³/mol. The normalized spacial score (nSPS) is 22.1. The van der Waals surface area contributed by atoms with Crippen LogP contribution >= 0.6 is 11.6 Å². The Kier molecular flexibility index (Phi) is 6.56. The van der Waals surface area contributed by atoms with E-state index in [1.165, 1.54) is 31.4 Å². The number of aromatic nitrogens is 2. The summed E-state index contributed by atoms with van der Waals surface area (Å²) >= 11 is 6.56. The molecule has 1 N–H and O–H groups in total. The monoisotopic (exact) mass is 311 g/mol. The van der Waals surface area contributed by atoms with Crippen molar-refractivity contribution in [3.63, 3.8) is 0 Å². The molecular formula is C17H30ClN3. The van der Waals surface area contributed by atoms with Gasteiger partial charge in [0.25, 0.3) is 0 Å². The maximum absolute atomic E-state index is 6.56. The van der Waals surface area contributed by atoms with E-state index in [-0.39, 0.29) is 0 Å². The molecule has 0 bridgehead atoms. The summed E-state index contributed by atoms with van der Waals surface area (Å²) in [5.41, 5.74) is 2.33. The summed E-state index contributed by atoms with van der Waals surface area (Å²) in [5.74, 6) is 1.57. The van der Waals surface area contributed by atoms with Crippen molar-refractivity contribution in [2.24, 2.45) is 11.8 Å². The first kappa shape index (κ1) is 16.8. The van der Waals surface area contributed by atoms with Crippen molar-refractivity contribution in [3.05, 3.63) is 16.4 Å². The lowest BCUT2D eigenvalue weighted by molar-refractivity contribution is 0.357. The largest absolute Gasteiger partial charge is 0.316 e. The molecule has 1 aromatic rings. The highest BCUT2D eigenvalue weighted by molar-refractivity contribution is 6.31. The fraction of sp³-hybridized carbons (Fsp3) is 0.824. The fourth-order valence-corrected chi connectivity index (χ4v) is 3.92. The molecule has 0 spiro atoms. The highest BCUT2D eigenvalue weighted by Gasteiger charge is 2.29. The smallest absolute Gasteiger partial charge is 0.0849 e. The Morgan fingerprint density at radius 1 is 1.24 bits per heavy atom. The van der Waals surface area contributed by atoms with Crippen molar-refractivity contribution in [1.82, 2.24) is 15.1 Å². The van der Waals surface area contributed by atoms with Gasteiger partial charge >= 0.3 is 0 Å². The van der Waals surface area contributed by atoms with E-state index in [1.54, 1.807) is 0 Å². The van der Waals surface area contributed by atoms with Crippen LogP contribution in [0.2, 0.25) is 5.02 Å². The van der Waals surface area contributed by atoms with Crippen LogP contribution in [-0.4, -0.2) is 22.9 Å². The molecule has 1 aliphatic rings. The van der Waals surface area contributed by atoms with Gasteiger partial charge < -0.3 is 5.32 Å². The summed E-state index contributed by atoms with van der Waals surface area (Å²) in [4.78, 5) is 0. The molecule has 0 amide bonds. The van der Waals surface area contributed by atoms with E-state index in [0.717, 1.165) is 55.0 Å². The fourth-order valence-electron chi connectivity index (χ4n) is 3.58. The molecule has 0 saturated heterocycles. The van der Waals surface area contributed by atoms with Crippen molar-refractivity contribution in [2.45, 2.75) is 65.8 Å². The van der Waals surface area contributed by atoms with Crippen LogP contribution in [0.25, 0.3) is 0 Å². The van der Waals surface area contributed by atoms with Crippen molar-refractivity contribution in [3.8, 4) is 0 Å². The summed E-state index contributed by atoms with van der Waals surface area (Å²) < 4.78 is 2.12. The minimum absolute atomic E-state index is 0.763. The van der Waals surface area contributed by atoms with Gasteiger partial charge in [0.05, 0.1) is 16.4 Å². The van der Waals surface area contributed by atoms with Crippen LogP contribution in [0, 0.1) is 11.8 Å². The first-order chi connectivity index (χ1) is 10.2. The Hall–Kier alpha value is -0.540. The van der Waals surface area contributed by atoms with Crippen LogP contribution in [0.4, 0.5) is 0 Å². The predicted octanol–water partition coefficient (Wildman–Crippen LogP) is 4.08. The average Bonchev–Trinajstić information content (AvgIpc) is 3.05. The molecule has 4 heteroatoms. The van der Waals surface area contributed by atoms with Crippen LogP contribution in [0.15, 0.2) is 0 Å². The van der Waals surface area contributed by atoms with E-state index in [4.69, 9.17) is 11.6 Å². The van der Waals surface area contributed by atoms with E-state index in [9.17, 15) is 0 Å². The lowest BCUT2D eigenvalue weighted by atomic mass is 9.91. The average molecular weight is 312 g/mol. The number of aryl methyl sites for hydroxylation is 2. The summed E-state index contributed by atoms with van der Waals surface area (Å²) in [5, 5.41) is 9.18. The highest BCUT2D eigenvalue weighted by Crippen LogP contribution is 2.36. The number of nitrogens with one attached hydrogen (secondary N) is 1. The third-order valence-electron chi connectivity index (χ3n) is 4.80. The Morgan fingerprint density at radius 3 is 2.67 bits per heavy atom. The number of nitrogens with zero attached hydrogens (tertiary/aromatic N) is 2. The summed E-state index contributed by atoms with van der Waals surface area (Å²) in [6.07, 6.45) is 7.29. The zero-order valence-electron chi connectivity index (χ0n) is 13.8. The lowest BCUT2D eigenvalue weighted by Gasteiger charge is -2.20. The van der Waals surface area contributed by atoms with Gasteiger partial charge in [-0.15, -0.1) is 0 Å². The summed E-state index contributed by atoms with van der Waals surface area (Å²) in [7, 11) is 0. The molecule has 0 aromatic carbocycles. The maximum atomic E-state index is 6.56. The van der Waals surface area contributed by atoms with Crippen LogP contribution < -0.4 is 5.32 Å². The summed E-state index contributed by atoms with van der Waals surface area (Å²) in [6, 6.07) is 0. The van der Waals surface area contributed by atoms with Gasteiger partial charge in [0.15, 0.2) is 0 Å². The zero-order chi connectivity index (χ0) is 15.2. The molecule has 120 valence electrons. The van der Waals surface area contributed by atoms with Crippen LogP contribution in [0.1, 0.15) is 57.8 Å².